The monoisotopic (exact) mass is 405 g/mol. The topological polar surface area (TPSA) is 65.4 Å². The third kappa shape index (κ3) is 4.64. The van der Waals surface area contributed by atoms with Crippen LogP contribution < -0.4 is 14.8 Å². The number of rotatable bonds is 7. The van der Waals surface area contributed by atoms with Gasteiger partial charge in [-0.15, -0.1) is 0 Å². The van der Waals surface area contributed by atoms with Crippen molar-refractivity contribution in [1.82, 2.24) is 15.1 Å². The largest absolute Gasteiger partial charge is 0.486 e. The van der Waals surface area contributed by atoms with Gasteiger partial charge in [-0.25, -0.2) is 4.68 Å². The Morgan fingerprint density at radius 3 is 2.63 bits per heavy atom. The van der Waals surface area contributed by atoms with Crippen LogP contribution in [0.4, 0.5) is 0 Å². The van der Waals surface area contributed by atoms with E-state index in [1.54, 1.807) is 0 Å². The molecule has 156 valence electrons. The van der Waals surface area contributed by atoms with Crippen LogP contribution in [0, 0.1) is 5.92 Å². The fourth-order valence-corrected chi connectivity index (χ4v) is 3.60. The summed E-state index contributed by atoms with van der Waals surface area (Å²) in [5, 5.41) is 7.59. The van der Waals surface area contributed by atoms with Crippen molar-refractivity contribution >= 4 is 5.91 Å². The van der Waals surface area contributed by atoms with Gasteiger partial charge in [0.1, 0.15) is 13.2 Å². The molecule has 0 spiro atoms. The van der Waals surface area contributed by atoms with Crippen molar-refractivity contribution in [3.8, 4) is 17.2 Å². The molecule has 1 N–H and O–H groups in total. The minimum Gasteiger partial charge on any atom is -0.486 e. The van der Waals surface area contributed by atoms with Gasteiger partial charge >= 0.3 is 0 Å². The molecule has 0 aliphatic carbocycles. The molecule has 1 aliphatic rings. The Balaban J connectivity index is 1.38. The van der Waals surface area contributed by atoms with Crippen molar-refractivity contribution < 1.29 is 14.3 Å². The van der Waals surface area contributed by atoms with E-state index in [9.17, 15) is 4.79 Å². The lowest BCUT2D eigenvalue weighted by Crippen LogP contribution is -2.32. The van der Waals surface area contributed by atoms with Crippen molar-refractivity contribution in [2.24, 2.45) is 5.92 Å². The lowest BCUT2D eigenvalue weighted by Gasteiger charge is -2.25. The van der Waals surface area contributed by atoms with E-state index in [2.05, 4.69) is 24.3 Å². The minimum atomic E-state index is -0.0830. The van der Waals surface area contributed by atoms with Crippen LogP contribution in [0.3, 0.4) is 0 Å². The molecule has 6 nitrogen and oxygen atoms in total. The molecule has 2 heterocycles. The second kappa shape index (κ2) is 9.03. The second-order valence-electron chi connectivity index (χ2n) is 7.82. The molecule has 30 heavy (non-hydrogen) atoms. The first-order valence-corrected chi connectivity index (χ1v) is 10.4. The summed E-state index contributed by atoms with van der Waals surface area (Å²) in [4.78, 5) is 12.7. The van der Waals surface area contributed by atoms with Crippen molar-refractivity contribution in [3.63, 3.8) is 0 Å². The van der Waals surface area contributed by atoms with Gasteiger partial charge in [-0.05, 0) is 47.7 Å². The Morgan fingerprint density at radius 2 is 1.87 bits per heavy atom. The molecule has 6 heteroatoms. The zero-order valence-corrected chi connectivity index (χ0v) is 17.4. The highest BCUT2D eigenvalue weighted by molar-refractivity contribution is 5.76. The van der Waals surface area contributed by atoms with Gasteiger partial charge in [0.25, 0.3) is 0 Å². The van der Waals surface area contributed by atoms with Crippen LogP contribution in [-0.2, 0) is 11.2 Å². The summed E-state index contributed by atoms with van der Waals surface area (Å²) >= 11 is 0. The molecule has 3 aromatic rings. The highest BCUT2D eigenvalue weighted by Gasteiger charge is 2.21. The molecular weight excluding hydrogens is 378 g/mol. The summed E-state index contributed by atoms with van der Waals surface area (Å²) in [5.74, 6) is 1.77. The average molecular weight is 405 g/mol. The molecule has 4 rings (SSSR count). The standard InChI is InChI=1S/C24H27N3O3/c1-17(2)24(19-9-10-21-22(14-19)30-13-12-29-21)26-23(28)11-8-18-15-25-27(16-18)20-6-4-3-5-7-20/h3-7,9-10,14-17,24H,8,11-13H2,1-2H3,(H,26,28). The first kappa shape index (κ1) is 20.0. The first-order valence-electron chi connectivity index (χ1n) is 10.4. The number of hydrogen-bond donors (Lipinski definition) is 1. The van der Waals surface area contributed by atoms with E-state index in [-0.39, 0.29) is 17.9 Å². The average Bonchev–Trinajstić information content (AvgIpc) is 3.25. The highest BCUT2D eigenvalue weighted by atomic mass is 16.6. The van der Waals surface area contributed by atoms with Crippen LogP contribution in [0.15, 0.2) is 60.9 Å². The molecule has 0 saturated heterocycles. The van der Waals surface area contributed by atoms with Gasteiger partial charge in [-0.3, -0.25) is 4.79 Å². The van der Waals surface area contributed by atoms with Crippen LogP contribution in [0.2, 0.25) is 0 Å². The van der Waals surface area contributed by atoms with Crippen LogP contribution in [-0.4, -0.2) is 28.9 Å². The molecule has 2 aromatic carbocycles. The molecule has 0 fully saturated rings. The quantitative estimate of drug-likeness (QED) is 0.643. The van der Waals surface area contributed by atoms with Crippen molar-refractivity contribution in [2.45, 2.75) is 32.7 Å². The molecule has 1 aromatic heterocycles. The summed E-state index contributed by atoms with van der Waals surface area (Å²) in [6, 6.07) is 15.8. The molecule has 1 aliphatic heterocycles. The van der Waals surface area contributed by atoms with Crippen LogP contribution >= 0.6 is 0 Å². The molecule has 0 radical (unpaired) electrons. The first-order chi connectivity index (χ1) is 14.6. The van der Waals surface area contributed by atoms with E-state index in [0.29, 0.717) is 26.1 Å². The number of carbonyl (C=O) groups is 1. The van der Waals surface area contributed by atoms with Crippen molar-refractivity contribution in [1.29, 1.82) is 0 Å². The van der Waals surface area contributed by atoms with Crippen LogP contribution in [0.1, 0.15) is 37.4 Å². The number of nitrogens with one attached hydrogen (secondary N) is 1. The maximum atomic E-state index is 12.7. The van der Waals surface area contributed by atoms with Crippen molar-refractivity contribution in [2.75, 3.05) is 13.2 Å². The fourth-order valence-electron chi connectivity index (χ4n) is 3.60. The maximum Gasteiger partial charge on any atom is 0.220 e. The number of carbonyl (C=O) groups excluding carboxylic acids is 1. The van der Waals surface area contributed by atoms with E-state index >= 15 is 0 Å². The number of para-hydroxylation sites is 1. The Bertz CT molecular complexity index is 998. The van der Waals surface area contributed by atoms with Crippen molar-refractivity contribution in [3.05, 3.63) is 72.1 Å². The number of benzene rings is 2. The second-order valence-corrected chi connectivity index (χ2v) is 7.82. The third-order valence-electron chi connectivity index (χ3n) is 5.21. The van der Waals surface area contributed by atoms with Crippen LogP contribution in [0.25, 0.3) is 5.69 Å². The zero-order chi connectivity index (χ0) is 20.9. The summed E-state index contributed by atoms with van der Waals surface area (Å²) in [7, 11) is 0. The molecule has 0 saturated carbocycles. The number of hydrogen-bond acceptors (Lipinski definition) is 4. The SMILES string of the molecule is CC(C)C(NC(=O)CCc1cnn(-c2ccccc2)c1)c1ccc2c(c1)OCCO2. The highest BCUT2D eigenvalue weighted by Crippen LogP contribution is 2.34. The molecule has 0 bridgehead atoms. The minimum absolute atomic E-state index is 0.0241. The number of ether oxygens (including phenoxy) is 2. The smallest absolute Gasteiger partial charge is 0.220 e. The summed E-state index contributed by atoms with van der Waals surface area (Å²) < 4.78 is 13.1. The van der Waals surface area contributed by atoms with Gasteiger partial charge in [0.05, 0.1) is 17.9 Å². The number of amides is 1. The van der Waals surface area contributed by atoms with Gasteiger partial charge in [-0.1, -0.05) is 38.1 Å². The lowest BCUT2D eigenvalue weighted by molar-refractivity contribution is -0.122. The number of nitrogens with zero attached hydrogens (tertiary/aromatic N) is 2. The number of aryl methyl sites for hydroxylation is 1. The van der Waals surface area contributed by atoms with Crippen LogP contribution in [0.5, 0.6) is 11.5 Å². The Hall–Kier alpha value is -3.28. The van der Waals surface area contributed by atoms with E-state index < -0.39 is 0 Å². The van der Waals surface area contributed by atoms with E-state index in [4.69, 9.17) is 9.47 Å². The van der Waals surface area contributed by atoms with E-state index in [0.717, 1.165) is 28.3 Å². The fraction of sp³-hybridized carbons (Fsp3) is 0.333. The Morgan fingerprint density at radius 1 is 1.10 bits per heavy atom. The van der Waals surface area contributed by atoms with Gasteiger partial charge in [0.15, 0.2) is 11.5 Å². The Kier molecular flexibility index (Phi) is 6.02. The zero-order valence-electron chi connectivity index (χ0n) is 17.4. The van der Waals surface area contributed by atoms with Gasteiger partial charge in [0, 0.05) is 12.6 Å². The Labute approximate surface area is 176 Å². The van der Waals surface area contributed by atoms with Gasteiger partial charge in [0.2, 0.25) is 5.91 Å². The lowest BCUT2D eigenvalue weighted by atomic mass is 9.95. The maximum absolute atomic E-state index is 12.7. The van der Waals surface area contributed by atoms with E-state index in [1.165, 1.54) is 0 Å². The molecular formula is C24H27N3O3. The molecule has 1 unspecified atom stereocenters. The summed E-state index contributed by atoms with van der Waals surface area (Å²) in [5.41, 5.74) is 3.07. The van der Waals surface area contributed by atoms with E-state index in [1.807, 2.05) is 65.6 Å². The number of aromatic nitrogens is 2. The molecule has 1 amide bonds. The number of fused-ring (bicyclic) bond motifs is 1. The van der Waals surface area contributed by atoms with Gasteiger partial charge in [-0.2, -0.15) is 5.10 Å². The summed E-state index contributed by atoms with van der Waals surface area (Å²) in [6.45, 7) is 5.32. The predicted molar refractivity (Wildman–Crippen MR) is 115 cm³/mol. The molecule has 1 atom stereocenters. The summed E-state index contributed by atoms with van der Waals surface area (Å²) in [6.07, 6.45) is 4.85. The predicted octanol–water partition coefficient (Wildman–Crippen LogP) is 4.09. The normalized spacial score (nSPS) is 13.8. The third-order valence-corrected chi connectivity index (χ3v) is 5.21. The van der Waals surface area contributed by atoms with Gasteiger partial charge < -0.3 is 14.8 Å².